The molecule has 1 nitrogen and oxygen atoms in total. The molecule has 0 unspecified atom stereocenters. The standard InChI is InChI=1S/C22H27NS/c1-22(2,3)16-12-13-21-19(15-16)17(10-8-14-23(4)5)18-9-6-7-11-20(18)24-21/h6-7,9-13,15H,8,14H2,1-5H3/b17-10+. The summed E-state index contributed by atoms with van der Waals surface area (Å²) in [4.78, 5) is 4.98. The first-order chi connectivity index (χ1) is 11.4. The normalized spacial score (nSPS) is 15.5. The van der Waals surface area contributed by atoms with Gasteiger partial charge in [0.15, 0.2) is 0 Å². The van der Waals surface area contributed by atoms with Gasteiger partial charge in [0, 0.05) is 16.3 Å². The SMILES string of the molecule is CN(C)CC/C=C1\c2ccccc2Sc2ccc(C(C)(C)C)cc21. The lowest BCUT2D eigenvalue weighted by atomic mass is 9.84. The lowest BCUT2D eigenvalue weighted by molar-refractivity contribution is 0.417. The highest BCUT2D eigenvalue weighted by Crippen LogP contribution is 2.46. The van der Waals surface area contributed by atoms with E-state index in [0.29, 0.717) is 0 Å². The second-order valence-electron chi connectivity index (χ2n) is 7.77. The van der Waals surface area contributed by atoms with E-state index in [-0.39, 0.29) is 5.41 Å². The zero-order valence-corrected chi connectivity index (χ0v) is 16.2. The Morgan fingerprint density at radius 2 is 1.67 bits per heavy atom. The molecule has 0 saturated heterocycles. The number of nitrogens with zero attached hydrogens (tertiary/aromatic N) is 1. The van der Waals surface area contributed by atoms with Crippen LogP contribution >= 0.6 is 11.8 Å². The molecule has 0 atom stereocenters. The highest BCUT2D eigenvalue weighted by atomic mass is 32.2. The minimum Gasteiger partial charge on any atom is -0.309 e. The number of benzene rings is 2. The summed E-state index contributed by atoms with van der Waals surface area (Å²) in [7, 11) is 4.27. The van der Waals surface area contributed by atoms with Crippen LogP contribution in [-0.4, -0.2) is 25.5 Å². The molecule has 0 spiro atoms. The van der Waals surface area contributed by atoms with Gasteiger partial charge in [-0.05, 0) is 66.4 Å². The summed E-state index contributed by atoms with van der Waals surface area (Å²) < 4.78 is 0. The van der Waals surface area contributed by atoms with Gasteiger partial charge in [-0.1, -0.05) is 62.9 Å². The Labute approximate surface area is 150 Å². The van der Waals surface area contributed by atoms with Crippen molar-refractivity contribution in [3.05, 3.63) is 65.2 Å². The molecule has 2 heteroatoms. The quantitative estimate of drug-likeness (QED) is 0.591. The van der Waals surface area contributed by atoms with Crippen LogP contribution in [0.1, 0.15) is 43.9 Å². The van der Waals surface area contributed by atoms with E-state index in [9.17, 15) is 0 Å². The van der Waals surface area contributed by atoms with Gasteiger partial charge in [-0.3, -0.25) is 0 Å². The number of fused-ring (bicyclic) bond motifs is 2. The smallest absolute Gasteiger partial charge is 0.0201 e. The third-order valence-electron chi connectivity index (χ3n) is 4.46. The Balaban J connectivity index is 2.09. The summed E-state index contributed by atoms with van der Waals surface area (Å²) in [6, 6.07) is 15.8. The molecule has 0 N–H and O–H groups in total. The van der Waals surface area contributed by atoms with Gasteiger partial charge in [0.05, 0.1) is 0 Å². The Morgan fingerprint density at radius 3 is 2.38 bits per heavy atom. The highest BCUT2D eigenvalue weighted by Gasteiger charge is 2.23. The molecule has 0 fully saturated rings. The lowest BCUT2D eigenvalue weighted by Gasteiger charge is -2.26. The van der Waals surface area contributed by atoms with Crippen molar-refractivity contribution in [3.8, 4) is 0 Å². The highest BCUT2D eigenvalue weighted by molar-refractivity contribution is 7.99. The summed E-state index contributed by atoms with van der Waals surface area (Å²) in [6.07, 6.45) is 3.49. The number of hydrogen-bond acceptors (Lipinski definition) is 2. The predicted octanol–water partition coefficient (Wildman–Crippen LogP) is 5.83. The summed E-state index contributed by atoms with van der Waals surface area (Å²) in [5.74, 6) is 0. The van der Waals surface area contributed by atoms with Crippen molar-refractivity contribution in [1.29, 1.82) is 0 Å². The van der Waals surface area contributed by atoms with Crippen LogP contribution < -0.4 is 0 Å². The van der Waals surface area contributed by atoms with Crippen molar-refractivity contribution in [2.45, 2.75) is 42.4 Å². The van der Waals surface area contributed by atoms with Gasteiger partial charge in [0.25, 0.3) is 0 Å². The Morgan fingerprint density at radius 1 is 0.958 bits per heavy atom. The number of rotatable bonds is 3. The first-order valence-corrected chi connectivity index (χ1v) is 9.45. The monoisotopic (exact) mass is 337 g/mol. The molecular weight excluding hydrogens is 310 g/mol. The largest absolute Gasteiger partial charge is 0.309 e. The Kier molecular flexibility index (Phi) is 4.89. The minimum atomic E-state index is 0.172. The molecule has 0 amide bonds. The summed E-state index contributed by atoms with van der Waals surface area (Å²) >= 11 is 1.89. The fraction of sp³-hybridized carbons (Fsp3) is 0.364. The van der Waals surface area contributed by atoms with Gasteiger partial charge in [0.1, 0.15) is 0 Å². The van der Waals surface area contributed by atoms with Gasteiger partial charge in [-0.2, -0.15) is 0 Å². The maximum atomic E-state index is 2.42. The zero-order valence-electron chi connectivity index (χ0n) is 15.4. The van der Waals surface area contributed by atoms with Gasteiger partial charge in [-0.15, -0.1) is 0 Å². The minimum absolute atomic E-state index is 0.172. The molecule has 3 rings (SSSR count). The predicted molar refractivity (Wildman–Crippen MR) is 106 cm³/mol. The summed E-state index contributed by atoms with van der Waals surface area (Å²) in [5, 5.41) is 0. The second kappa shape index (κ2) is 6.78. The zero-order chi connectivity index (χ0) is 17.3. The topological polar surface area (TPSA) is 3.24 Å². The third-order valence-corrected chi connectivity index (χ3v) is 5.61. The Hall–Kier alpha value is -1.51. The molecule has 0 saturated carbocycles. The molecule has 2 aromatic carbocycles. The van der Waals surface area contributed by atoms with Crippen molar-refractivity contribution < 1.29 is 0 Å². The molecule has 0 aromatic heterocycles. The van der Waals surface area contributed by atoms with Gasteiger partial charge in [0.2, 0.25) is 0 Å². The van der Waals surface area contributed by atoms with Crippen LogP contribution in [-0.2, 0) is 5.41 Å². The van der Waals surface area contributed by atoms with Crippen LogP contribution in [0.3, 0.4) is 0 Å². The molecule has 0 bridgehead atoms. The molecule has 24 heavy (non-hydrogen) atoms. The van der Waals surface area contributed by atoms with Crippen LogP contribution in [0.4, 0.5) is 0 Å². The first kappa shape index (κ1) is 17.3. The van der Waals surface area contributed by atoms with Gasteiger partial charge >= 0.3 is 0 Å². The molecule has 1 aliphatic rings. The van der Waals surface area contributed by atoms with Crippen molar-refractivity contribution >= 4 is 17.3 Å². The van der Waals surface area contributed by atoms with E-state index in [0.717, 1.165) is 13.0 Å². The van der Waals surface area contributed by atoms with E-state index >= 15 is 0 Å². The van der Waals surface area contributed by atoms with E-state index in [2.05, 4.69) is 88.3 Å². The average Bonchev–Trinajstić information content (AvgIpc) is 2.52. The van der Waals surface area contributed by atoms with E-state index in [4.69, 9.17) is 0 Å². The van der Waals surface area contributed by atoms with E-state index < -0.39 is 0 Å². The average molecular weight is 338 g/mol. The van der Waals surface area contributed by atoms with Crippen molar-refractivity contribution in [1.82, 2.24) is 4.90 Å². The molecular formula is C22H27NS. The van der Waals surface area contributed by atoms with E-state index in [1.54, 1.807) is 0 Å². The fourth-order valence-electron chi connectivity index (χ4n) is 3.02. The molecule has 2 aromatic rings. The Bertz CT molecular complexity index is 766. The van der Waals surface area contributed by atoms with Crippen LogP contribution in [0.2, 0.25) is 0 Å². The lowest BCUT2D eigenvalue weighted by Crippen LogP contribution is -2.13. The molecule has 0 radical (unpaired) electrons. The van der Waals surface area contributed by atoms with E-state index in [1.807, 2.05) is 11.8 Å². The van der Waals surface area contributed by atoms with Crippen molar-refractivity contribution in [3.63, 3.8) is 0 Å². The molecule has 1 aliphatic heterocycles. The van der Waals surface area contributed by atoms with Gasteiger partial charge < -0.3 is 4.90 Å². The molecule has 0 aliphatic carbocycles. The maximum absolute atomic E-state index is 2.42. The summed E-state index contributed by atoms with van der Waals surface area (Å²) in [5.41, 5.74) is 5.74. The second-order valence-corrected chi connectivity index (χ2v) is 8.85. The van der Waals surface area contributed by atoms with E-state index in [1.165, 1.54) is 32.1 Å². The van der Waals surface area contributed by atoms with Crippen LogP contribution in [0.5, 0.6) is 0 Å². The number of hydrogen-bond donors (Lipinski definition) is 0. The third kappa shape index (κ3) is 3.60. The fourth-order valence-corrected chi connectivity index (χ4v) is 4.11. The molecule has 126 valence electrons. The van der Waals surface area contributed by atoms with Gasteiger partial charge in [-0.25, -0.2) is 0 Å². The van der Waals surface area contributed by atoms with Crippen LogP contribution in [0, 0.1) is 0 Å². The molecule has 1 heterocycles. The van der Waals surface area contributed by atoms with Crippen LogP contribution in [0.15, 0.2) is 58.3 Å². The van der Waals surface area contributed by atoms with Crippen molar-refractivity contribution in [2.75, 3.05) is 20.6 Å². The maximum Gasteiger partial charge on any atom is 0.0201 e. The summed E-state index contributed by atoms with van der Waals surface area (Å²) in [6.45, 7) is 7.93. The van der Waals surface area contributed by atoms with Crippen molar-refractivity contribution in [2.24, 2.45) is 0 Å². The van der Waals surface area contributed by atoms with Crippen LogP contribution in [0.25, 0.3) is 5.57 Å². The first-order valence-electron chi connectivity index (χ1n) is 8.63.